The van der Waals surface area contributed by atoms with E-state index in [0.29, 0.717) is 17.9 Å². The first-order valence-electron chi connectivity index (χ1n) is 8.90. The highest BCUT2D eigenvalue weighted by atomic mass is 32.2. The number of ether oxygens (including phenoxy) is 1. The molecule has 144 valence electrons. The second kappa shape index (κ2) is 7.09. The van der Waals surface area contributed by atoms with Crippen molar-refractivity contribution < 1.29 is 17.9 Å². The van der Waals surface area contributed by atoms with E-state index in [0.717, 1.165) is 5.56 Å². The highest BCUT2D eigenvalue weighted by Crippen LogP contribution is 2.40. The topological polar surface area (TPSA) is 63.7 Å². The Bertz CT molecular complexity index is 931. The molecule has 0 aliphatic carbocycles. The number of sulfonamides is 1. The third-order valence-corrected chi connectivity index (χ3v) is 7.09. The standard InChI is InChI=1S/C21H25NO4S/c1-15-5-11-18(12-6-15)27(24,25)22-13-19(21(2,3)14-22)20(23)16-7-9-17(26-4)10-8-16/h5-12,19H,13-14H2,1-4H3. The second-order valence-electron chi connectivity index (χ2n) is 7.74. The average Bonchev–Trinajstić information content (AvgIpc) is 2.97. The van der Waals surface area contributed by atoms with Crippen LogP contribution in [-0.2, 0) is 10.0 Å². The number of methoxy groups -OCH3 is 1. The minimum absolute atomic E-state index is 0.0377. The summed E-state index contributed by atoms with van der Waals surface area (Å²) in [5.74, 6) is 0.246. The Labute approximate surface area is 161 Å². The highest BCUT2D eigenvalue weighted by Gasteiger charge is 2.47. The number of carbonyl (C=O) groups is 1. The van der Waals surface area contributed by atoms with Gasteiger partial charge in [-0.2, -0.15) is 4.31 Å². The summed E-state index contributed by atoms with van der Waals surface area (Å²) in [7, 11) is -2.05. The van der Waals surface area contributed by atoms with Crippen LogP contribution in [0.3, 0.4) is 0 Å². The van der Waals surface area contributed by atoms with E-state index < -0.39 is 21.4 Å². The molecule has 1 aliphatic rings. The largest absolute Gasteiger partial charge is 0.497 e. The van der Waals surface area contributed by atoms with Crippen LogP contribution in [0.5, 0.6) is 5.75 Å². The number of rotatable bonds is 5. The Kier molecular flexibility index (Phi) is 5.14. The zero-order valence-electron chi connectivity index (χ0n) is 16.1. The SMILES string of the molecule is COc1ccc(C(=O)C2CN(S(=O)(=O)c3ccc(C)cc3)CC2(C)C)cc1. The smallest absolute Gasteiger partial charge is 0.243 e. The zero-order valence-corrected chi connectivity index (χ0v) is 16.9. The summed E-state index contributed by atoms with van der Waals surface area (Å²) in [6, 6.07) is 13.8. The van der Waals surface area contributed by atoms with Crippen molar-refractivity contribution in [1.82, 2.24) is 4.31 Å². The molecule has 1 aliphatic heterocycles. The summed E-state index contributed by atoms with van der Waals surface area (Å²) in [6.45, 7) is 6.32. The predicted molar refractivity (Wildman–Crippen MR) is 105 cm³/mol. The van der Waals surface area contributed by atoms with Crippen molar-refractivity contribution >= 4 is 15.8 Å². The summed E-state index contributed by atoms with van der Waals surface area (Å²) in [5.41, 5.74) is 1.13. The third-order valence-electron chi connectivity index (χ3n) is 5.26. The van der Waals surface area contributed by atoms with Crippen molar-refractivity contribution in [3.8, 4) is 5.75 Å². The first-order valence-corrected chi connectivity index (χ1v) is 10.3. The number of benzene rings is 2. The van der Waals surface area contributed by atoms with Gasteiger partial charge in [0.2, 0.25) is 10.0 Å². The Morgan fingerprint density at radius 2 is 1.67 bits per heavy atom. The molecule has 0 amide bonds. The molecule has 6 heteroatoms. The number of hydrogen-bond acceptors (Lipinski definition) is 4. The molecule has 5 nitrogen and oxygen atoms in total. The van der Waals surface area contributed by atoms with Gasteiger partial charge in [-0.25, -0.2) is 8.42 Å². The van der Waals surface area contributed by atoms with Gasteiger partial charge in [0.25, 0.3) is 0 Å². The zero-order chi connectivity index (χ0) is 19.8. The van der Waals surface area contributed by atoms with E-state index in [1.807, 2.05) is 20.8 Å². The molecule has 2 aromatic carbocycles. The van der Waals surface area contributed by atoms with Crippen LogP contribution in [0.15, 0.2) is 53.4 Å². The van der Waals surface area contributed by atoms with E-state index in [9.17, 15) is 13.2 Å². The molecule has 0 radical (unpaired) electrons. The Morgan fingerprint density at radius 3 is 2.22 bits per heavy atom. The van der Waals surface area contributed by atoms with Gasteiger partial charge in [-0.3, -0.25) is 4.79 Å². The van der Waals surface area contributed by atoms with Gasteiger partial charge >= 0.3 is 0 Å². The van der Waals surface area contributed by atoms with E-state index >= 15 is 0 Å². The van der Waals surface area contributed by atoms with Crippen LogP contribution in [0.1, 0.15) is 29.8 Å². The lowest BCUT2D eigenvalue weighted by atomic mass is 9.78. The van der Waals surface area contributed by atoms with Crippen LogP contribution >= 0.6 is 0 Å². The molecule has 3 rings (SSSR count). The lowest BCUT2D eigenvalue weighted by Gasteiger charge is -2.24. The number of carbonyl (C=O) groups excluding carboxylic acids is 1. The maximum atomic E-state index is 13.1. The van der Waals surface area contributed by atoms with Crippen molar-refractivity contribution in [2.45, 2.75) is 25.7 Å². The molecule has 2 aromatic rings. The number of Topliss-reactive ketones (excluding diaryl/α,β-unsaturated/α-hetero) is 1. The molecule has 0 spiro atoms. The molecule has 1 atom stereocenters. The maximum Gasteiger partial charge on any atom is 0.243 e. The molecule has 0 bridgehead atoms. The van der Waals surface area contributed by atoms with E-state index in [4.69, 9.17) is 4.74 Å². The van der Waals surface area contributed by atoms with Gasteiger partial charge in [0, 0.05) is 24.6 Å². The molecule has 1 fully saturated rings. The van der Waals surface area contributed by atoms with Gasteiger partial charge in [0.05, 0.1) is 12.0 Å². The van der Waals surface area contributed by atoms with Gasteiger partial charge in [-0.15, -0.1) is 0 Å². The molecule has 1 heterocycles. The van der Waals surface area contributed by atoms with Gasteiger partial charge in [0.15, 0.2) is 5.78 Å². The molecular formula is C21H25NO4S. The summed E-state index contributed by atoms with van der Waals surface area (Å²) in [4.78, 5) is 13.3. The highest BCUT2D eigenvalue weighted by molar-refractivity contribution is 7.89. The van der Waals surface area contributed by atoms with Crippen LogP contribution < -0.4 is 4.74 Å². The van der Waals surface area contributed by atoms with Crippen LogP contribution in [0, 0.1) is 18.3 Å². The van der Waals surface area contributed by atoms with Crippen molar-refractivity contribution in [1.29, 1.82) is 0 Å². The molecule has 1 saturated heterocycles. The first kappa shape index (κ1) is 19.6. The van der Waals surface area contributed by atoms with Crippen LogP contribution in [0.25, 0.3) is 0 Å². The molecule has 0 N–H and O–H groups in total. The predicted octanol–water partition coefficient (Wildman–Crippen LogP) is 3.53. The quantitative estimate of drug-likeness (QED) is 0.736. The molecule has 1 unspecified atom stereocenters. The maximum absolute atomic E-state index is 13.1. The minimum Gasteiger partial charge on any atom is -0.497 e. The monoisotopic (exact) mass is 387 g/mol. The lowest BCUT2D eigenvalue weighted by Crippen LogP contribution is -2.30. The Balaban J connectivity index is 1.86. The van der Waals surface area contributed by atoms with Gasteiger partial charge < -0.3 is 4.74 Å². The summed E-state index contributed by atoms with van der Waals surface area (Å²) < 4.78 is 32.6. The van der Waals surface area contributed by atoms with Crippen molar-refractivity contribution in [3.63, 3.8) is 0 Å². The van der Waals surface area contributed by atoms with E-state index in [2.05, 4.69) is 0 Å². The van der Waals surface area contributed by atoms with Crippen molar-refractivity contribution in [2.75, 3.05) is 20.2 Å². The summed E-state index contributed by atoms with van der Waals surface area (Å²) >= 11 is 0. The minimum atomic E-state index is -3.62. The fourth-order valence-electron chi connectivity index (χ4n) is 3.52. The van der Waals surface area contributed by atoms with Crippen molar-refractivity contribution in [3.05, 3.63) is 59.7 Å². The third kappa shape index (κ3) is 3.77. The Morgan fingerprint density at radius 1 is 1.07 bits per heavy atom. The van der Waals surface area contributed by atoms with E-state index in [1.165, 1.54) is 4.31 Å². The van der Waals surface area contributed by atoms with E-state index in [1.54, 1.807) is 55.6 Å². The number of nitrogens with zero attached hydrogens (tertiary/aromatic N) is 1. The summed E-state index contributed by atoms with van der Waals surface area (Å²) in [6.07, 6.45) is 0. The van der Waals surface area contributed by atoms with Crippen LogP contribution in [0.4, 0.5) is 0 Å². The van der Waals surface area contributed by atoms with Gasteiger partial charge in [-0.1, -0.05) is 31.5 Å². The van der Waals surface area contributed by atoms with E-state index in [-0.39, 0.29) is 17.2 Å². The van der Waals surface area contributed by atoms with Crippen molar-refractivity contribution in [2.24, 2.45) is 11.3 Å². The lowest BCUT2D eigenvalue weighted by molar-refractivity contribution is 0.0858. The molecular weight excluding hydrogens is 362 g/mol. The molecule has 27 heavy (non-hydrogen) atoms. The fourth-order valence-corrected chi connectivity index (χ4v) is 5.14. The fraction of sp³-hybridized carbons (Fsp3) is 0.381. The number of hydrogen-bond donors (Lipinski definition) is 0. The van der Waals surface area contributed by atoms with Gasteiger partial charge in [0.1, 0.15) is 5.75 Å². The van der Waals surface area contributed by atoms with Crippen LogP contribution in [-0.4, -0.2) is 38.7 Å². The van der Waals surface area contributed by atoms with Crippen LogP contribution in [0.2, 0.25) is 0 Å². The molecule has 0 saturated carbocycles. The average molecular weight is 388 g/mol. The Hall–Kier alpha value is -2.18. The normalized spacial score (nSPS) is 19.8. The summed E-state index contributed by atoms with van der Waals surface area (Å²) in [5, 5.41) is 0. The number of ketones is 1. The first-order chi connectivity index (χ1) is 12.6. The number of aryl methyl sites for hydroxylation is 1. The van der Waals surface area contributed by atoms with Gasteiger partial charge in [-0.05, 0) is 48.7 Å². The second-order valence-corrected chi connectivity index (χ2v) is 9.68. The molecule has 0 aromatic heterocycles.